The molecular weight excluding hydrogens is 356 g/mol. The minimum absolute atomic E-state index is 0.0289. The number of thioether (sulfide) groups is 1. The molecule has 1 N–H and O–H groups in total. The Balaban J connectivity index is 1.51. The van der Waals surface area contributed by atoms with E-state index in [1.54, 1.807) is 0 Å². The fraction of sp³-hybridized carbons (Fsp3) is 0.318. The van der Waals surface area contributed by atoms with Gasteiger partial charge in [-0.2, -0.15) is 0 Å². The minimum Gasteiger partial charge on any atom is -0.491 e. The molecule has 140 valence electrons. The van der Waals surface area contributed by atoms with Gasteiger partial charge in [0.15, 0.2) is 0 Å². The number of nitrogens with zero attached hydrogens (tertiary/aromatic N) is 1. The number of carbonyl (C=O) groups excluding carboxylic acids is 1. The van der Waals surface area contributed by atoms with Gasteiger partial charge in [0.1, 0.15) is 11.4 Å². The van der Waals surface area contributed by atoms with Gasteiger partial charge in [0.05, 0.1) is 11.6 Å². The summed E-state index contributed by atoms with van der Waals surface area (Å²) in [4.78, 5) is 14.1. The first-order valence-corrected chi connectivity index (χ1v) is 10.2. The van der Waals surface area contributed by atoms with E-state index in [4.69, 9.17) is 4.74 Å². The van der Waals surface area contributed by atoms with Crippen molar-refractivity contribution in [3.05, 3.63) is 59.8 Å². The van der Waals surface area contributed by atoms with Crippen molar-refractivity contribution in [2.24, 2.45) is 0 Å². The maximum absolute atomic E-state index is 12.9. The molecule has 1 amide bonds. The molecule has 27 heavy (non-hydrogen) atoms. The Labute approximate surface area is 163 Å². The van der Waals surface area contributed by atoms with Gasteiger partial charge in [-0.3, -0.25) is 4.79 Å². The third-order valence-electron chi connectivity index (χ3n) is 4.63. The molecule has 2 aromatic carbocycles. The summed E-state index contributed by atoms with van der Waals surface area (Å²) in [5.74, 6) is 0.820. The van der Waals surface area contributed by atoms with Crippen molar-refractivity contribution in [2.45, 2.75) is 50.1 Å². The van der Waals surface area contributed by atoms with Crippen LogP contribution in [0.5, 0.6) is 5.75 Å². The second-order valence-corrected chi connectivity index (χ2v) is 8.74. The Morgan fingerprint density at radius 2 is 2.04 bits per heavy atom. The molecule has 1 aliphatic heterocycles. The number of para-hydroxylation sites is 1. The van der Waals surface area contributed by atoms with Crippen LogP contribution in [-0.4, -0.2) is 21.8 Å². The largest absolute Gasteiger partial charge is 0.491 e. The molecule has 0 bridgehead atoms. The number of carbonyl (C=O) groups is 1. The normalized spacial score (nSPS) is 15.9. The Hall–Kier alpha value is -2.40. The molecule has 0 radical (unpaired) electrons. The van der Waals surface area contributed by atoms with Gasteiger partial charge < -0.3 is 14.6 Å². The van der Waals surface area contributed by atoms with Crippen molar-refractivity contribution in [1.82, 2.24) is 9.88 Å². The smallest absolute Gasteiger partial charge is 0.268 e. The maximum atomic E-state index is 12.9. The van der Waals surface area contributed by atoms with E-state index >= 15 is 0 Å². The van der Waals surface area contributed by atoms with Gasteiger partial charge in [-0.05, 0) is 43.7 Å². The van der Waals surface area contributed by atoms with Crippen LogP contribution in [0.4, 0.5) is 0 Å². The highest BCUT2D eigenvalue weighted by Gasteiger charge is 2.23. The average Bonchev–Trinajstić information content (AvgIpc) is 3.00. The molecule has 0 fully saturated rings. The van der Waals surface area contributed by atoms with Crippen LogP contribution in [0.25, 0.3) is 10.9 Å². The number of aromatic nitrogens is 1. The van der Waals surface area contributed by atoms with Gasteiger partial charge in [-0.15, -0.1) is 11.8 Å². The zero-order chi connectivity index (χ0) is 19.0. The maximum Gasteiger partial charge on any atom is 0.268 e. The first-order valence-electron chi connectivity index (χ1n) is 9.34. The Morgan fingerprint density at radius 1 is 1.26 bits per heavy atom. The molecule has 1 aromatic heterocycles. The molecule has 0 saturated heterocycles. The Bertz CT molecular complexity index is 976. The molecule has 4 nitrogen and oxygen atoms in total. The van der Waals surface area contributed by atoms with Crippen LogP contribution in [0.15, 0.2) is 53.4 Å². The van der Waals surface area contributed by atoms with Crippen LogP contribution in [0.1, 0.15) is 36.8 Å². The van der Waals surface area contributed by atoms with Crippen molar-refractivity contribution < 1.29 is 9.53 Å². The SMILES string of the molecule is CC(C)Oc1ccc(CNC(=O)c2cc3cccc4c3n2C[C@@H](C)S4)cc1. The van der Waals surface area contributed by atoms with Crippen LogP contribution in [0.2, 0.25) is 0 Å². The number of ether oxygens (including phenoxy) is 1. The summed E-state index contributed by atoms with van der Waals surface area (Å²) >= 11 is 1.88. The highest BCUT2D eigenvalue weighted by molar-refractivity contribution is 8.00. The number of hydrogen-bond acceptors (Lipinski definition) is 3. The molecule has 4 rings (SSSR count). The van der Waals surface area contributed by atoms with Crippen molar-refractivity contribution in [2.75, 3.05) is 0 Å². The monoisotopic (exact) mass is 380 g/mol. The molecule has 3 aromatic rings. The van der Waals surface area contributed by atoms with Crippen LogP contribution in [-0.2, 0) is 13.1 Å². The lowest BCUT2D eigenvalue weighted by Gasteiger charge is -2.22. The Kier molecular flexibility index (Phi) is 4.87. The van der Waals surface area contributed by atoms with Gasteiger partial charge in [0, 0.05) is 28.6 Å². The summed E-state index contributed by atoms with van der Waals surface area (Å²) in [6.45, 7) is 7.57. The minimum atomic E-state index is -0.0289. The molecule has 5 heteroatoms. The van der Waals surface area contributed by atoms with E-state index in [1.807, 2.05) is 55.9 Å². The van der Waals surface area contributed by atoms with Gasteiger partial charge in [-0.25, -0.2) is 0 Å². The summed E-state index contributed by atoms with van der Waals surface area (Å²) < 4.78 is 7.83. The molecular formula is C22H24N2O2S. The Morgan fingerprint density at radius 3 is 2.78 bits per heavy atom. The van der Waals surface area contributed by atoms with Gasteiger partial charge in [0.25, 0.3) is 5.91 Å². The van der Waals surface area contributed by atoms with Crippen molar-refractivity contribution in [3.63, 3.8) is 0 Å². The number of amides is 1. The van der Waals surface area contributed by atoms with E-state index < -0.39 is 0 Å². The van der Waals surface area contributed by atoms with E-state index in [-0.39, 0.29) is 12.0 Å². The molecule has 0 aliphatic carbocycles. The van der Waals surface area contributed by atoms with Gasteiger partial charge in [-0.1, -0.05) is 31.2 Å². The summed E-state index contributed by atoms with van der Waals surface area (Å²) in [6.07, 6.45) is 0.154. The molecule has 1 atom stereocenters. The van der Waals surface area contributed by atoms with E-state index in [9.17, 15) is 4.79 Å². The van der Waals surface area contributed by atoms with E-state index in [2.05, 4.69) is 35.0 Å². The van der Waals surface area contributed by atoms with Crippen molar-refractivity contribution in [3.8, 4) is 5.75 Å². The molecule has 2 heterocycles. The first kappa shape index (κ1) is 18.0. The zero-order valence-electron chi connectivity index (χ0n) is 15.9. The molecule has 0 spiro atoms. The van der Waals surface area contributed by atoms with Crippen LogP contribution in [0.3, 0.4) is 0 Å². The fourth-order valence-corrected chi connectivity index (χ4v) is 4.66. The van der Waals surface area contributed by atoms with Crippen LogP contribution >= 0.6 is 11.8 Å². The highest BCUT2D eigenvalue weighted by Crippen LogP contribution is 2.38. The number of nitrogens with one attached hydrogen (secondary N) is 1. The van der Waals surface area contributed by atoms with E-state index in [0.717, 1.165) is 28.9 Å². The average molecular weight is 381 g/mol. The fourth-order valence-electron chi connectivity index (χ4n) is 3.51. The van der Waals surface area contributed by atoms with Gasteiger partial charge >= 0.3 is 0 Å². The predicted molar refractivity (Wildman–Crippen MR) is 111 cm³/mol. The zero-order valence-corrected chi connectivity index (χ0v) is 16.7. The molecule has 0 saturated carbocycles. The van der Waals surface area contributed by atoms with E-state index in [1.165, 1.54) is 10.4 Å². The first-order chi connectivity index (χ1) is 13.0. The second kappa shape index (κ2) is 7.31. The second-order valence-electron chi connectivity index (χ2n) is 7.26. The summed E-state index contributed by atoms with van der Waals surface area (Å²) in [7, 11) is 0. The topological polar surface area (TPSA) is 43.3 Å². The third kappa shape index (κ3) is 3.69. The third-order valence-corrected chi connectivity index (χ3v) is 5.77. The standard InChI is InChI=1S/C22H24N2O2S/c1-14(2)26-18-9-7-16(8-10-18)12-23-22(25)19-11-17-5-4-6-20-21(17)24(19)13-15(3)27-20/h4-11,14-15H,12-13H2,1-3H3,(H,23,25)/t15-/m1/s1. The number of rotatable bonds is 5. The number of hydrogen-bond donors (Lipinski definition) is 1. The lowest BCUT2D eigenvalue weighted by Crippen LogP contribution is -2.27. The van der Waals surface area contributed by atoms with Gasteiger partial charge in [0.2, 0.25) is 0 Å². The van der Waals surface area contributed by atoms with Crippen molar-refractivity contribution in [1.29, 1.82) is 0 Å². The highest BCUT2D eigenvalue weighted by atomic mass is 32.2. The summed E-state index contributed by atoms with van der Waals surface area (Å²) in [6, 6.07) is 16.2. The van der Waals surface area contributed by atoms with Crippen molar-refractivity contribution >= 4 is 28.6 Å². The predicted octanol–water partition coefficient (Wildman–Crippen LogP) is 4.85. The lowest BCUT2D eigenvalue weighted by molar-refractivity contribution is 0.0942. The number of benzene rings is 2. The molecule has 1 aliphatic rings. The van der Waals surface area contributed by atoms with Crippen LogP contribution in [0, 0.1) is 0 Å². The summed E-state index contributed by atoms with van der Waals surface area (Å²) in [5, 5.41) is 4.65. The van der Waals surface area contributed by atoms with E-state index in [0.29, 0.717) is 11.8 Å². The summed E-state index contributed by atoms with van der Waals surface area (Å²) in [5.41, 5.74) is 2.98. The lowest BCUT2D eigenvalue weighted by atomic mass is 10.2. The van der Waals surface area contributed by atoms with Crippen LogP contribution < -0.4 is 10.1 Å². The quantitative estimate of drug-likeness (QED) is 0.688. The molecule has 0 unspecified atom stereocenters.